The molecular weight excluding hydrogens is 272 g/mol. The quantitative estimate of drug-likeness (QED) is 0.812. The van der Waals surface area contributed by atoms with Gasteiger partial charge in [0, 0.05) is 12.6 Å². The number of fused-ring (bicyclic) bond motifs is 1. The molecule has 3 rings (SSSR count). The van der Waals surface area contributed by atoms with Gasteiger partial charge in [0.1, 0.15) is 0 Å². The predicted molar refractivity (Wildman–Crippen MR) is 74.8 cm³/mol. The maximum atomic E-state index is 12.3. The van der Waals surface area contributed by atoms with Crippen LogP contribution in [0.15, 0.2) is 24.3 Å². The maximum absolute atomic E-state index is 12.3. The number of nitrogens with zero attached hydrogens (tertiary/aromatic N) is 2. The first-order chi connectivity index (χ1) is 10.1. The molecule has 0 aliphatic carbocycles. The van der Waals surface area contributed by atoms with Crippen molar-refractivity contribution in [2.45, 2.75) is 19.1 Å². The van der Waals surface area contributed by atoms with E-state index in [4.69, 9.17) is 4.74 Å². The van der Waals surface area contributed by atoms with Gasteiger partial charge < -0.3 is 9.84 Å². The predicted octanol–water partition coefficient (Wildman–Crippen LogP) is 0.322. The fraction of sp³-hybridized carbons (Fsp3) is 0.467. The van der Waals surface area contributed by atoms with E-state index in [0.717, 1.165) is 0 Å². The Bertz CT molecular complexity index is 540. The Morgan fingerprint density at radius 3 is 2.43 bits per heavy atom. The highest BCUT2D eigenvalue weighted by atomic mass is 16.5. The minimum absolute atomic E-state index is 0.0641. The molecule has 2 atom stereocenters. The van der Waals surface area contributed by atoms with Crippen LogP contribution in [0.4, 0.5) is 0 Å². The topological polar surface area (TPSA) is 70.1 Å². The zero-order chi connectivity index (χ0) is 15.0. The average Bonchev–Trinajstić information content (AvgIpc) is 2.75. The standard InChI is InChI=1S/C15H18N2O4/c1-10-8-21-11(7-18)6-16(10)9-17-14(19)12-4-2-3-5-13(12)15(17)20/h2-5,10-11,18H,6-9H2,1H3. The number of hydrogen-bond donors (Lipinski definition) is 1. The summed E-state index contributed by atoms with van der Waals surface area (Å²) in [6.07, 6.45) is -0.267. The highest BCUT2D eigenvalue weighted by Gasteiger charge is 2.38. The lowest BCUT2D eigenvalue weighted by Crippen LogP contribution is -2.54. The van der Waals surface area contributed by atoms with Crippen molar-refractivity contribution < 1.29 is 19.4 Å². The lowest BCUT2D eigenvalue weighted by molar-refractivity contribution is -0.0859. The van der Waals surface area contributed by atoms with Gasteiger partial charge in [-0.05, 0) is 19.1 Å². The van der Waals surface area contributed by atoms with Gasteiger partial charge >= 0.3 is 0 Å². The van der Waals surface area contributed by atoms with E-state index < -0.39 is 0 Å². The van der Waals surface area contributed by atoms with Gasteiger partial charge in [0.25, 0.3) is 11.8 Å². The van der Waals surface area contributed by atoms with E-state index in [1.807, 2.05) is 11.8 Å². The largest absolute Gasteiger partial charge is 0.394 e. The molecule has 2 heterocycles. The lowest BCUT2D eigenvalue weighted by atomic mass is 10.1. The van der Waals surface area contributed by atoms with Gasteiger partial charge in [0.2, 0.25) is 0 Å². The third-order valence-corrected chi connectivity index (χ3v) is 4.04. The van der Waals surface area contributed by atoms with Crippen molar-refractivity contribution in [2.75, 3.05) is 26.4 Å². The summed E-state index contributed by atoms with van der Waals surface area (Å²) < 4.78 is 5.47. The molecule has 1 aromatic rings. The first-order valence-electron chi connectivity index (χ1n) is 7.03. The summed E-state index contributed by atoms with van der Waals surface area (Å²) in [5, 5.41) is 9.20. The van der Waals surface area contributed by atoms with Crippen LogP contribution in [-0.4, -0.2) is 65.3 Å². The van der Waals surface area contributed by atoms with Crippen molar-refractivity contribution >= 4 is 11.8 Å². The van der Waals surface area contributed by atoms with Crippen molar-refractivity contribution in [3.05, 3.63) is 35.4 Å². The Morgan fingerprint density at radius 2 is 1.86 bits per heavy atom. The van der Waals surface area contributed by atoms with Crippen LogP contribution in [0.1, 0.15) is 27.6 Å². The molecule has 0 radical (unpaired) electrons. The molecule has 1 aromatic carbocycles. The third kappa shape index (κ3) is 2.46. The summed E-state index contributed by atoms with van der Waals surface area (Å²) in [6, 6.07) is 6.96. The van der Waals surface area contributed by atoms with E-state index in [1.54, 1.807) is 24.3 Å². The van der Waals surface area contributed by atoms with Crippen molar-refractivity contribution in [3.8, 4) is 0 Å². The van der Waals surface area contributed by atoms with Crippen LogP contribution in [-0.2, 0) is 4.74 Å². The number of rotatable bonds is 3. The molecule has 0 spiro atoms. The molecule has 2 amide bonds. The van der Waals surface area contributed by atoms with Gasteiger partial charge in [-0.25, -0.2) is 0 Å². The zero-order valence-corrected chi connectivity index (χ0v) is 11.9. The minimum atomic E-state index is -0.267. The second kappa shape index (κ2) is 5.55. The summed E-state index contributed by atoms with van der Waals surface area (Å²) >= 11 is 0. The van der Waals surface area contributed by atoms with E-state index in [-0.39, 0.29) is 37.2 Å². The molecule has 0 saturated carbocycles. The number of carbonyl (C=O) groups is 2. The van der Waals surface area contributed by atoms with Gasteiger partial charge in [0.15, 0.2) is 0 Å². The molecular formula is C15H18N2O4. The van der Waals surface area contributed by atoms with Crippen molar-refractivity contribution in [2.24, 2.45) is 0 Å². The molecule has 6 nitrogen and oxygen atoms in total. The summed E-state index contributed by atoms with van der Waals surface area (Å²) in [5.41, 5.74) is 0.921. The molecule has 0 bridgehead atoms. The SMILES string of the molecule is CC1COC(CO)CN1CN1C(=O)c2ccccc2C1=O. The van der Waals surface area contributed by atoms with Crippen LogP contribution in [0.3, 0.4) is 0 Å². The zero-order valence-electron chi connectivity index (χ0n) is 11.9. The Balaban J connectivity index is 1.77. The molecule has 1 fully saturated rings. The molecule has 6 heteroatoms. The fourth-order valence-corrected chi connectivity index (χ4v) is 2.73. The van der Waals surface area contributed by atoms with Crippen LogP contribution >= 0.6 is 0 Å². The summed E-state index contributed by atoms with van der Waals surface area (Å²) in [7, 11) is 0. The van der Waals surface area contributed by atoms with Gasteiger partial charge in [0.05, 0.1) is 37.1 Å². The van der Waals surface area contributed by atoms with Gasteiger partial charge in [-0.3, -0.25) is 19.4 Å². The van der Waals surface area contributed by atoms with Crippen LogP contribution in [0.25, 0.3) is 0 Å². The van der Waals surface area contributed by atoms with E-state index in [1.165, 1.54) is 4.90 Å². The second-order valence-corrected chi connectivity index (χ2v) is 5.48. The molecule has 2 unspecified atom stereocenters. The first-order valence-corrected chi connectivity index (χ1v) is 7.03. The summed E-state index contributed by atoms with van der Waals surface area (Å²) in [5.74, 6) is -0.510. The monoisotopic (exact) mass is 290 g/mol. The molecule has 2 aliphatic rings. The number of hydrogen-bond acceptors (Lipinski definition) is 5. The van der Waals surface area contributed by atoms with E-state index >= 15 is 0 Å². The van der Waals surface area contributed by atoms with Crippen molar-refractivity contribution in [1.82, 2.24) is 9.80 Å². The van der Waals surface area contributed by atoms with Crippen LogP contribution < -0.4 is 0 Å². The van der Waals surface area contributed by atoms with E-state index in [9.17, 15) is 14.7 Å². The Kier molecular flexibility index (Phi) is 3.75. The first kappa shape index (κ1) is 14.2. The summed E-state index contributed by atoms with van der Waals surface area (Å²) in [4.78, 5) is 27.9. The number of morpholine rings is 1. The number of benzene rings is 1. The van der Waals surface area contributed by atoms with Gasteiger partial charge in [-0.15, -0.1) is 0 Å². The number of carbonyl (C=O) groups excluding carboxylic acids is 2. The van der Waals surface area contributed by atoms with Crippen LogP contribution in [0.5, 0.6) is 0 Å². The van der Waals surface area contributed by atoms with Crippen molar-refractivity contribution in [1.29, 1.82) is 0 Å². The Hall–Kier alpha value is -1.76. The highest BCUT2D eigenvalue weighted by Crippen LogP contribution is 2.23. The van der Waals surface area contributed by atoms with Crippen LogP contribution in [0, 0.1) is 0 Å². The van der Waals surface area contributed by atoms with Crippen molar-refractivity contribution in [3.63, 3.8) is 0 Å². The number of amides is 2. The molecule has 112 valence electrons. The molecule has 0 aromatic heterocycles. The third-order valence-electron chi connectivity index (χ3n) is 4.04. The van der Waals surface area contributed by atoms with Gasteiger partial charge in [-0.2, -0.15) is 0 Å². The van der Waals surface area contributed by atoms with E-state index in [0.29, 0.717) is 24.3 Å². The average molecular weight is 290 g/mol. The van der Waals surface area contributed by atoms with Gasteiger partial charge in [-0.1, -0.05) is 12.1 Å². The normalized spacial score (nSPS) is 26.3. The molecule has 2 aliphatic heterocycles. The van der Waals surface area contributed by atoms with Crippen LogP contribution in [0.2, 0.25) is 0 Å². The Labute approximate surface area is 122 Å². The molecule has 1 saturated heterocycles. The maximum Gasteiger partial charge on any atom is 0.262 e. The Morgan fingerprint density at radius 1 is 1.24 bits per heavy atom. The van der Waals surface area contributed by atoms with E-state index in [2.05, 4.69) is 0 Å². The second-order valence-electron chi connectivity index (χ2n) is 5.48. The summed E-state index contributed by atoms with van der Waals surface area (Å²) in [6.45, 7) is 3.13. The number of imide groups is 1. The highest BCUT2D eigenvalue weighted by molar-refractivity contribution is 6.21. The molecule has 1 N–H and O–H groups in total. The minimum Gasteiger partial charge on any atom is -0.394 e. The molecule has 21 heavy (non-hydrogen) atoms. The lowest BCUT2D eigenvalue weighted by Gasteiger charge is -2.38. The smallest absolute Gasteiger partial charge is 0.262 e. The number of ether oxygens (including phenoxy) is 1. The number of aliphatic hydroxyl groups is 1. The fourth-order valence-electron chi connectivity index (χ4n) is 2.73. The number of aliphatic hydroxyl groups excluding tert-OH is 1.